The van der Waals surface area contributed by atoms with Crippen LogP contribution >= 0.6 is 0 Å². The number of nitrogens with zero attached hydrogens (tertiary/aromatic N) is 1. The molecule has 12 heavy (non-hydrogen) atoms. The molecule has 4 heteroatoms. The summed E-state index contributed by atoms with van der Waals surface area (Å²) in [5.41, 5.74) is 0.391. The van der Waals surface area contributed by atoms with Crippen LogP contribution < -0.4 is 0 Å². The summed E-state index contributed by atoms with van der Waals surface area (Å²) in [5.74, 6) is -1.14. The van der Waals surface area contributed by atoms with E-state index in [1.54, 1.807) is 0 Å². The number of benzene rings is 1. The second-order valence-corrected chi connectivity index (χ2v) is 2.61. The Bertz CT molecular complexity index is 351. The van der Waals surface area contributed by atoms with Gasteiger partial charge in [-0.1, -0.05) is 6.07 Å². The van der Waals surface area contributed by atoms with Gasteiger partial charge in [0.1, 0.15) is 5.82 Å². The van der Waals surface area contributed by atoms with Gasteiger partial charge in [-0.15, -0.1) is 0 Å². The van der Waals surface area contributed by atoms with E-state index in [-0.39, 0.29) is 22.7 Å². The molecule has 0 aliphatic carbocycles. The van der Waals surface area contributed by atoms with Gasteiger partial charge in [0.2, 0.25) is 5.91 Å². The quantitative estimate of drug-likeness (QED) is 0.582. The monoisotopic (exact) mass is 166 g/mol. The van der Waals surface area contributed by atoms with E-state index in [1.807, 2.05) is 0 Å². The normalized spacial score (nSPS) is 15.2. The van der Waals surface area contributed by atoms with E-state index in [2.05, 4.69) is 0 Å². The van der Waals surface area contributed by atoms with Gasteiger partial charge >= 0.3 is 0 Å². The van der Waals surface area contributed by atoms with Crippen LogP contribution in [0.1, 0.15) is 15.9 Å². The summed E-state index contributed by atoms with van der Waals surface area (Å²) in [6.07, 6.45) is 0. The molecular weight excluding hydrogens is 161 g/mol. The maximum absolute atomic E-state index is 12.9. The molecule has 1 aromatic rings. The van der Waals surface area contributed by atoms with Crippen LogP contribution in [0.5, 0.6) is 0 Å². The molecule has 1 heterocycles. The van der Waals surface area contributed by atoms with Crippen LogP contribution in [0.4, 0.5) is 4.39 Å². The lowest BCUT2D eigenvalue weighted by Crippen LogP contribution is -2.15. The first-order chi connectivity index (χ1) is 5.70. The molecule has 1 aliphatic rings. The third-order valence-electron chi connectivity index (χ3n) is 1.88. The highest BCUT2D eigenvalue weighted by Crippen LogP contribution is 2.23. The van der Waals surface area contributed by atoms with Crippen LogP contribution in [0.25, 0.3) is 0 Å². The molecule has 0 unspecified atom stereocenters. The van der Waals surface area contributed by atoms with Gasteiger partial charge < -0.3 is 10.3 Å². The molecule has 0 aromatic heterocycles. The van der Waals surface area contributed by atoms with E-state index >= 15 is 0 Å². The van der Waals surface area contributed by atoms with Gasteiger partial charge in [0, 0.05) is 17.7 Å². The van der Waals surface area contributed by atoms with E-state index in [0.717, 1.165) is 0 Å². The molecule has 0 spiro atoms. The van der Waals surface area contributed by atoms with Crippen LogP contribution in [0, 0.1) is 11.0 Å². The molecule has 0 saturated carbocycles. The lowest BCUT2D eigenvalue weighted by atomic mass is 10.1. The van der Waals surface area contributed by atoms with Crippen molar-refractivity contribution < 1.29 is 9.18 Å². The Kier molecular flexibility index (Phi) is 1.38. The van der Waals surface area contributed by atoms with Crippen molar-refractivity contribution in [3.63, 3.8) is 0 Å². The van der Waals surface area contributed by atoms with Crippen LogP contribution in [-0.4, -0.2) is 11.0 Å². The number of hydrogen-bond donors (Lipinski definition) is 0. The van der Waals surface area contributed by atoms with Crippen molar-refractivity contribution in [2.75, 3.05) is 0 Å². The number of carbonyl (C=O) groups excluding carboxylic acids is 1. The Morgan fingerprint density at radius 3 is 2.92 bits per heavy atom. The molecule has 1 amide bonds. The first kappa shape index (κ1) is 7.24. The van der Waals surface area contributed by atoms with Gasteiger partial charge in [-0.25, -0.2) is 4.39 Å². The van der Waals surface area contributed by atoms with Gasteiger partial charge in [0.05, 0.1) is 0 Å². The Labute approximate surface area is 68.0 Å². The average molecular weight is 166 g/mol. The minimum atomic E-state index is -0.649. The lowest BCUT2D eigenvalue weighted by molar-refractivity contribution is 0.0842. The minimum absolute atomic E-state index is 0.166. The van der Waals surface area contributed by atoms with Crippen molar-refractivity contribution >= 4 is 5.91 Å². The molecule has 2 rings (SSSR count). The molecule has 0 radical (unpaired) electrons. The summed E-state index contributed by atoms with van der Waals surface area (Å²) in [5, 5.41) is 11.0. The van der Waals surface area contributed by atoms with Crippen molar-refractivity contribution in [2.45, 2.75) is 6.54 Å². The fourth-order valence-corrected chi connectivity index (χ4v) is 1.27. The van der Waals surface area contributed by atoms with Crippen molar-refractivity contribution in [3.8, 4) is 0 Å². The summed E-state index contributed by atoms with van der Waals surface area (Å²) in [4.78, 5) is 11.0. The van der Waals surface area contributed by atoms with Crippen molar-refractivity contribution in [3.05, 3.63) is 40.4 Å². The highest BCUT2D eigenvalue weighted by molar-refractivity contribution is 5.98. The second kappa shape index (κ2) is 2.28. The standard InChI is InChI=1S/C8H5FNO2/c9-7-3-1-2-5-6(7)4-10(12)8(5)11/h1-3H,4H2/q-1. The van der Waals surface area contributed by atoms with Gasteiger partial charge in [-0.05, 0) is 12.1 Å². The Balaban J connectivity index is 2.61. The molecule has 0 atom stereocenters. The third-order valence-corrected chi connectivity index (χ3v) is 1.88. The molecule has 0 N–H and O–H groups in total. The smallest absolute Gasteiger partial charge is 0.244 e. The third kappa shape index (κ3) is 0.816. The van der Waals surface area contributed by atoms with E-state index in [9.17, 15) is 14.4 Å². The number of rotatable bonds is 0. The van der Waals surface area contributed by atoms with Gasteiger partial charge in [0.25, 0.3) is 0 Å². The predicted octanol–water partition coefficient (Wildman–Crippen LogP) is 1.28. The van der Waals surface area contributed by atoms with Crippen molar-refractivity contribution in [2.24, 2.45) is 0 Å². The molecule has 1 aromatic carbocycles. The van der Waals surface area contributed by atoms with E-state index in [0.29, 0.717) is 0 Å². The summed E-state index contributed by atoms with van der Waals surface area (Å²) in [6.45, 7) is -0.166. The fraction of sp³-hybridized carbons (Fsp3) is 0.125. The first-order valence-corrected chi connectivity index (χ1v) is 3.46. The van der Waals surface area contributed by atoms with Gasteiger partial charge in [-0.3, -0.25) is 4.79 Å². The molecule has 3 nitrogen and oxygen atoms in total. The lowest BCUT2D eigenvalue weighted by Gasteiger charge is -2.19. The number of carbonyl (C=O) groups is 1. The second-order valence-electron chi connectivity index (χ2n) is 2.61. The minimum Gasteiger partial charge on any atom is -0.756 e. The summed E-state index contributed by atoms with van der Waals surface area (Å²) >= 11 is 0. The Morgan fingerprint density at radius 1 is 1.50 bits per heavy atom. The first-order valence-electron chi connectivity index (χ1n) is 3.46. The van der Waals surface area contributed by atoms with Crippen molar-refractivity contribution in [1.82, 2.24) is 5.06 Å². The SMILES string of the molecule is O=C1c2cccc(F)c2CN1[O-]. The van der Waals surface area contributed by atoms with E-state index in [1.165, 1.54) is 18.2 Å². The topological polar surface area (TPSA) is 43.4 Å². The number of amides is 1. The molecule has 0 saturated heterocycles. The zero-order valence-electron chi connectivity index (χ0n) is 6.08. The molecule has 0 bridgehead atoms. The predicted molar refractivity (Wildman–Crippen MR) is 39.6 cm³/mol. The molecule has 0 fully saturated rings. The largest absolute Gasteiger partial charge is 0.756 e. The summed E-state index contributed by atoms with van der Waals surface area (Å²) in [7, 11) is 0. The summed E-state index contributed by atoms with van der Waals surface area (Å²) in [6, 6.07) is 4.12. The summed E-state index contributed by atoms with van der Waals surface area (Å²) < 4.78 is 12.9. The average Bonchev–Trinajstić information content (AvgIpc) is 2.32. The van der Waals surface area contributed by atoms with Gasteiger partial charge in [0.15, 0.2) is 0 Å². The van der Waals surface area contributed by atoms with Crippen LogP contribution in [0.15, 0.2) is 18.2 Å². The highest BCUT2D eigenvalue weighted by atomic mass is 19.1. The number of halogens is 1. The zero-order chi connectivity index (χ0) is 8.72. The number of hydrogen-bond acceptors (Lipinski definition) is 2. The van der Waals surface area contributed by atoms with Crippen LogP contribution in [0.3, 0.4) is 0 Å². The van der Waals surface area contributed by atoms with E-state index < -0.39 is 11.7 Å². The Hall–Kier alpha value is -1.42. The van der Waals surface area contributed by atoms with Crippen molar-refractivity contribution in [1.29, 1.82) is 0 Å². The zero-order valence-corrected chi connectivity index (χ0v) is 6.08. The molecule has 1 aliphatic heterocycles. The molecular formula is C8H5FNO2-. The maximum atomic E-state index is 12.9. The number of hydroxylamine groups is 2. The van der Waals surface area contributed by atoms with Crippen LogP contribution in [-0.2, 0) is 6.54 Å². The molecule has 62 valence electrons. The van der Waals surface area contributed by atoms with E-state index in [4.69, 9.17) is 0 Å². The van der Waals surface area contributed by atoms with Crippen LogP contribution in [0.2, 0.25) is 0 Å². The Morgan fingerprint density at radius 2 is 2.25 bits per heavy atom. The van der Waals surface area contributed by atoms with Gasteiger partial charge in [-0.2, -0.15) is 0 Å². The maximum Gasteiger partial charge on any atom is 0.244 e. The highest BCUT2D eigenvalue weighted by Gasteiger charge is 2.23. The number of fused-ring (bicyclic) bond motifs is 1. The fourth-order valence-electron chi connectivity index (χ4n) is 1.27.